The van der Waals surface area contributed by atoms with Gasteiger partial charge >= 0.3 is 0 Å². The summed E-state index contributed by atoms with van der Waals surface area (Å²) in [5.41, 5.74) is 1.36. The lowest BCUT2D eigenvalue weighted by atomic mass is 10.1. The van der Waals surface area contributed by atoms with Crippen LogP contribution in [-0.4, -0.2) is 44.3 Å². The van der Waals surface area contributed by atoms with E-state index in [9.17, 15) is 0 Å². The molecule has 0 saturated carbocycles. The predicted octanol–water partition coefficient (Wildman–Crippen LogP) is 1.67. The average Bonchev–Trinajstić information content (AvgIpc) is 2.41. The van der Waals surface area contributed by atoms with Crippen LogP contribution in [0.1, 0.15) is 18.5 Å². The topological polar surface area (TPSA) is 24.5 Å². The van der Waals surface area contributed by atoms with E-state index in [0.717, 1.165) is 39.4 Å². The van der Waals surface area contributed by atoms with Crippen molar-refractivity contribution in [1.82, 2.24) is 10.2 Å². The molecule has 1 saturated heterocycles. The number of morpholine rings is 1. The maximum Gasteiger partial charge on any atom is 0.0594 e. The van der Waals surface area contributed by atoms with Gasteiger partial charge in [-0.05, 0) is 12.5 Å². The molecule has 94 valence electrons. The molecule has 1 fully saturated rings. The van der Waals surface area contributed by atoms with Crippen LogP contribution in [0.3, 0.4) is 0 Å². The number of nitrogens with one attached hydrogen (secondary N) is 1. The first-order valence-electron chi connectivity index (χ1n) is 6.44. The van der Waals surface area contributed by atoms with E-state index in [1.54, 1.807) is 0 Å². The third-order valence-corrected chi connectivity index (χ3v) is 3.28. The van der Waals surface area contributed by atoms with Gasteiger partial charge in [-0.25, -0.2) is 0 Å². The molecule has 0 radical (unpaired) electrons. The number of benzene rings is 1. The van der Waals surface area contributed by atoms with Crippen molar-refractivity contribution < 1.29 is 4.74 Å². The Bertz CT molecular complexity index is 309. The van der Waals surface area contributed by atoms with E-state index < -0.39 is 0 Å². The van der Waals surface area contributed by atoms with Crippen molar-refractivity contribution in [3.8, 4) is 0 Å². The van der Waals surface area contributed by atoms with Crippen LogP contribution in [0.15, 0.2) is 30.3 Å². The molecule has 2 rings (SSSR count). The molecular formula is C14H22N2O. The number of hydrogen-bond acceptors (Lipinski definition) is 3. The second-order valence-electron chi connectivity index (χ2n) is 4.54. The molecule has 1 aliphatic rings. The molecule has 3 heteroatoms. The molecule has 1 aliphatic heterocycles. The van der Waals surface area contributed by atoms with Crippen LogP contribution in [0.4, 0.5) is 0 Å². The van der Waals surface area contributed by atoms with Crippen LogP contribution in [0.5, 0.6) is 0 Å². The summed E-state index contributed by atoms with van der Waals surface area (Å²) in [6.45, 7) is 8.27. The van der Waals surface area contributed by atoms with Gasteiger partial charge in [-0.2, -0.15) is 0 Å². The van der Waals surface area contributed by atoms with Crippen LogP contribution >= 0.6 is 0 Å². The van der Waals surface area contributed by atoms with Gasteiger partial charge in [-0.3, -0.25) is 4.90 Å². The van der Waals surface area contributed by atoms with Crippen molar-refractivity contribution in [3.63, 3.8) is 0 Å². The van der Waals surface area contributed by atoms with E-state index >= 15 is 0 Å². The summed E-state index contributed by atoms with van der Waals surface area (Å²) in [4.78, 5) is 2.45. The van der Waals surface area contributed by atoms with Crippen molar-refractivity contribution in [2.75, 3.05) is 39.4 Å². The zero-order valence-corrected chi connectivity index (χ0v) is 10.6. The Kier molecular flexibility index (Phi) is 4.98. The molecule has 1 aromatic rings. The first kappa shape index (κ1) is 12.6. The Morgan fingerprint density at radius 2 is 1.94 bits per heavy atom. The lowest BCUT2D eigenvalue weighted by molar-refractivity contribution is 0.0382. The molecular weight excluding hydrogens is 212 g/mol. The van der Waals surface area contributed by atoms with Gasteiger partial charge in [-0.1, -0.05) is 30.3 Å². The molecule has 1 atom stereocenters. The number of rotatable bonds is 5. The number of hydrogen-bond donors (Lipinski definition) is 1. The van der Waals surface area contributed by atoms with Gasteiger partial charge < -0.3 is 10.1 Å². The molecule has 0 bridgehead atoms. The minimum atomic E-state index is 0.428. The van der Waals surface area contributed by atoms with Crippen LogP contribution in [0.2, 0.25) is 0 Å². The Labute approximate surface area is 104 Å². The molecule has 0 amide bonds. The molecule has 1 aromatic carbocycles. The zero-order chi connectivity index (χ0) is 11.9. The standard InChI is InChI=1S/C14H22N2O/c1-13(14-5-3-2-4-6-14)15-7-8-16-9-11-17-12-10-16/h2-6,13,15H,7-12H2,1H3. The first-order valence-corrected chi connectivity index (χ1v) is 6.44. The van der Waals surface area contributed by atoms with E-state index in [0.29, 0.717) is 6.04 Å². The Balaban J connectivity index is 1.67. The summed E-state index contributed by atoms with van der Waals surface area (Å²) in [7, 11) is 0. The second-order valence-corrected chi connectivity index (χ2v) is 4.54. The monoisotopic (exact) mass is 234 g/mol. The van der Waals surface area contributed by atoms with Crippen molar-refractivity contribution in [2.45, 2.75) is 13.0 Å². The van der Waals surface area contributed by atoms with Crippen molar-refractivity contribution in [2.24, 2.45) is 0 Å². The number of nitrogens with zero attached hydrogens (tertiary/aromatic N) is 1. The number of ether oxygens (including phenoxy) is 1. The Hall–Kier alpha value is -0.900. The highest BCUT2D eigenvalue weighted by Crippen LogP contribution is 2.10. The average molecular weight is 234 g/mol. The summed E-state index contributed by atoms with van der Waals surface area (Å²) >= 11 is 0. The minimum absolute atomic E-state index is 0.428. The predicted molar refractivity (Wildman–Crippen MR) is 70.1 cm³/mol. The summed E-state index contributed by atoms with van der Waals surface area (Å²) in [6.07, 6.45) is 0. The van der Waals surface area contributed by atoms with Crippen LogP contribution in [0.25, 0.3) is 0 Å². The third-order valence-electron chi connectivity index (χ3n) is 3.28. The van der Waals surface area contributed by atoms with Gasteiger partial charge in [0.15, 0.2) is 0 Å². The fourth-order valence-corrected chi connectivity index (χ4v) is 2.12. The summed E-state index contributed by atoms with van der Waals surface area (Å²) in [6, 6.07) is 11.0. The zero-order valence-electron chi connectivity index (χ0n) is 10.6. The molecule has 3 nitrogen and oxygen atoms in total. The Morgan fingerprint density at radius 1 is 1.24 bits per heavy atom. The van der Waals surface area contributed by atoms with Gasteiger partial charge in [0.1, 0.15) is 0 Å². The molecule has 1 heterocycles. The van der Waals surface area contributed by atoms with Gasteiger partial charge in [0.2, 0.25) is 0 Å². The van der Waals surface area contributed by atoms with Crippen LogP contribution in [-0.2, 0) is 4.74 Å². The highest BCUT2D eigenvalue weighted by molar-refractivity contribution is 5.17. The van der Waals surface area contributed by atoms with E-state index in [4.69, 9.17) is 4.74 Å². The maximum atomic E-state index is 5.33. The van der Waals surface area contributed by atoms with Crippen molar-refractivity contribution in [3.05, 3.63) is 35.9 Å². The van der Waals surface area contributed by atoms with Gasteiger partial charge in [0.05, 0.1) is 13.2 Å². The van der Waals surface area contributed by atoms with Crippen molar-refractivity contribution >= 4 is 0 Å². The van der Waals surface area contributed by atoms with Crippen LogP contribution in [0, 0.1) is 0 Å². The van der Waals surface area contributed by atoms with Gasteiger partial charge in [0, 0.05) is 32.2 Å². The van der Waals surface area contributed by atoms with E-state index in [2.05, 4.69) is 47.5 Å². The highest BCUT2D eigenvalue weighted by Gasteiger charge is 2.10. The lowest BCUT2D eigenvalue weighted by Gasteiger charge is -2.27. The van der Waals surface area contributed by atoms with Crippen LogP contribution < -0.4 is 5.32 Å². The molecule has 1 N–H and O–H groups in total. The third kappa shape index (κ3) is 4.11. The Morgan fingerprint density at radius 3 is 2.65 bits per heavy atom. The first-order chi connectivity index (χ1) is 8.36. The van der Waals surface area contributed by atoms with Gasteiger partial charge in [-0.15, -0.1) is 0 Å². The van der Waals surface area contributed by atoms with Crippen molar-refractivity contribution in [1.29, 1.82) is 0 Å². The minimum Gasteiger partial charge on any atom is -0.379 e. The van der Waals surface area contributed by atoms with E-state index in [1.165, 1.54) is 5.56 Å². The SMILES string of the molecule is CC(NCCN1CCOCC1)c1ccccc1. The summed E-state index contributed by atoms with van der Waals surface area (Å²) in [5, 5.41) is 3.56. The molecule has 0 aromatic heterocycles. The smallest absolute Gasteiger partial charge is 0.0594 e. The molecule has 0 spiro atoms. The van der Waals surface area contributed by atoms with E-state index in [-0.39, 0.29) is 0 Å². The highest BCUT2D eigenvalue weighted by atomic mass is 16.5. The fraction of sp³-hybridized carbons (Fsp3) is 0.571. The maximum absolute atomic E-state index is 5.33. The molecule has 17 heavy (non-hydrogen) atoms. The largest absolute Gasteiger partial charge is 0.379 e. The van der Waals surface area contributed by atoms with E-state index in [1.807, 2.05) is 0 Å². The molecule has 0 aliphatic carbocycles. The normalized spacial score (nSPS) is 19.1. The second kappa shape index (κ2) is 6.74. The lowest BCUT2D eigenvalue weighted by Crippen LogP contribution is -2.40. The summed E-state index contributed by atoms with van der Waals surface area (Å²) < 4.78 is 5.33. The quantitative estimate of drug-likeness (QED) is 0.838. The summed E-state index contributed by atoms with van der Waals surface area (Å²) in [5.74, 6) is 0. The fourth-order valence-electron chi connectivity index (χ4n) is 2.12. The van der Waals surface area contributed by atoms with Gasteiger partial charge in [0.25, 0.3) is 0 Å². The molecule has 1 unspecified atom stereocenters.